The minimum absolute atomic E-state index is 0.241. The van der Waals surface area contributed by atoms with Gasteiger partial charge in [0.2, 0.25) is 5.91 Å². The SMILES string of the molecule is N#Cc1ccc(NC(=O)/C=C/c2cccc(Cl)c2)cc1. The summed E-state index contributed by atoms with van der Waals surface area (Å²) in [5, 5.41) is 12.0. The largest absolute Gasteiger partial charge is 0.323 e. The lowest BCUT2D eigenvalue weighted by Gasteiger charge is -2.01. The molecule has 0 saturated carbocycles. The zero-order valence-electron chi connectivity index (χ0n) is 10.5. The lowest BCUT2D eigenvalue weighted by molar-refractivity contribution is -0.111. The van der Waals surface area contributed by atoms with E-state index in [9.17, 15) is 4.79 Å². The van der Waals surface area contributed by atoms with E-state index >= 15 is 0 Å². The van der Waals surface area contributed by atoms with Crippen LogP contribution in [0.3, 0.4) is 0 Å². The Bertz CT molecular complexity index is 684. The Morgan fingerprint density at radius 1 is 1.20 bits per heavy atom. The standard InChI is InChI=1S/C16H11ClN2O/c17-14-3-1-2-12(10-14)6-9-16(20)19-15-7-4-13(11-18)5-8-15/h1-10H,(H,19,20)/b9-6+. The van der Waals surface area contributed by atoms with Crippen LogP contribution in [0.1, 0.15) is 11.1 Å². The number of carbonyl (C=O) groups excluding carboxylic acids is 1. The number of carbonyl (C=O) groups is 1. The molecule has 0 heterocycles. The molecule has 2 aromatic carbocycles. The van der Waals surface area contributed by atoms with Crippen molar-refractivity contribution in [2.24, 2.45) is 0 Å². The van der Waals surface area contributed by atoms with E-state index in [1.807, 2.05) is 18.2 Å². The first-order valence-corrected chi connectivity index (χ1v) is 6.30. The van der Waals surface area contributed by atoms with Crippen LogP contribution in [0.4, 0.5) is 5.69 Å². The van der Waals surface area contributed by atoms with E-state index in [-0.39, 0.29) is 5.91 Å². The summed E-state index contributed by atoms with van der Waals surface area (Å²) in [7, 11) is 0. The Labute approximate surface area is 122 Å². The van der Waals surface area contributed by atoms with Crippen LogP contribution in [0.15, 0.2) is 54.6 Å². The predicted molar refractivity (Wildman–Crippen MR) is 80.3 cm³/mol. The van der Waals surface area contributed by atoms with Crippen LogP contribution in [-0.2, 0) is 4.79 Å². The van der Waals surface area contributed by atoms with Gasteiger partial charge in [0, 0.05) is 16.8 Å². The molecule has 1 amide bonds. The Hall–Kier alpha value is -2.57. The second-order valence-corrected chi connectivity index (χ2v) is 4.50. The molecule has 0 radical (unpaired) electrons. The average Bonchev–Trinajstić information content (AvgIpc) is 2.46. The Morgan fingerprint density at radius 3 is 2.60 bits per heavy atom. The fourth-order valence-electron chi connectivity index (χ4n) is 1.59. The molecule has 0 aliphatic rings. The third-order valence-electron chi connectivity index (χ3n) is 2.56. The highest BCUT2D eigenvalue weighted by molar-refractivity contribution is 6.30. The van der Waals surface area contributed by atoms with Crippen molar-refractivity contribution < 1.29 is 4.79 Å². The predicted octanol–water partition coefficient (Wildman–Crippen LogP) is 3.86. The topological polar surface area (TPSA) is 52.9 Å². The minimum Gasteiger partial charge on any atom is -0.323 e. The smallest absolute Gasteiger partial charge is 0.248 e. The van der Waals surface area contributed by atoms with Crippen LogP contribution in [0.5, 0.6) is 0 Å². The fraction of sp³-hybridized carbons (Fsp3) is 0. The van der Waals surface area contributed by atoms with Crippen LogP contribution in [0.2, 0.25) is 5.02 Å². The molecule has 0 fully saturated rings. The molecule has 1 N–H and O–H groups in total. The minimum atomic E-state index is -0.241. The first-order chi connectivity index (χ1) is 9.67. The van der Waals surface area contributed by atoms with Crippen LogP contribution >= 0.6 is 11.6 Å². The zero-order valence-corrected chi connectivity index (χ0v) is 11.3. The van der Waals surface area contributed by atoms with E-state index in [4.69, 9.17) is 16.9 Å². The maximum absolute atomic E-state index is 11.7. The first kappa shape index (κ1) is 13.9. The van der Waals surface area contributed by atoms with Crippen molar-refractivity contribution in [2.75, 3.05) is 5.32 Å². The number of benzene rings is 2. The molecule has 0 unspecified atom stereocenters. The molecule has 4 heteroatoms. The number of hydrogen-bond donors (Lipinski definition) is 1. The van der Waals surface area contributed by atoms with Crippen molar-refractivity contribution in [3.63, 3.8) is 0 Å². The second kappa shape index (κ2) is 6.55. The zero-order chi connectivity index (χ0) is 14.4. The summed E-state index contributed by atoms with van der Waals surface area (Å²) >= 11 is 5.86. The average molecular weight is 283 g/mol. The molecule has 2 rings (SSSR count). The van der Waals surface area contributed by atoms with Crippen molar-refractivity contribution in [3.8, 4) is 6.07 Å². The summed E-state index contributed by atoms with van der Waals surface area (Å²) in [4.78, 5) is 11.7. The summed E-state index contributed by atoms with van der Waals surface area (Å²) in [5.41, 5.74) is 2.05. The molecule has 98 valence electrons. The van der Waals surface area contributed by atoms with Gasteiger partial charge in [-0.05, 0) is 48.0 Å². The highest BCUT2D eigenvalue weighted by atomic mass is 35.5. The van der Waals surface area contributed by atoms with Crippen LogP contribution in [-0.4, -0.2) is 5.91 Å². The van der Waals surface area contributed by atoms with Crippen molar-refractivity contribution in [1.82, 2.24) is 0 Å². The second-order valence-electron chi connectivity index (χ2n) is 4.07. The Balaban J connectivity index is 2.00. The van der Waals surface area contributed by atoms with Gasteiger partial charge >= 0.3 is 0 Å². The molecule has 0 aliphatic carbocycles. The van der Waals surface area contributed by atoms with Gasteiger partial charge in [-0.25, -0.2) is 0 Å². The number of nitrogens with one attached hydrogen (secondary N) is 1. The lowest BCUT2D eigenvalue weighted by atomic mass is 10.2. The van der Waals surface area contributed by atoms with Gasteiger partial charge in [0.25, 0.3) is 0 Å². The Morgan fingerprint density at radius 2 is 1.95 bits per heavy atom. The third kappa shape index (κ3) is 3.98. The molecule has 0 aromatic heterocycles. The molecule has 0 aliphatic heterocycles. The van der Waals surface area contributed by atoms with Gasteiger partial charge in [-0.15, -0.1) is 0 Å². The van der Waals surface area contributed by atoms with Gasteiger partial charge in [-0.3, -0.25) is 4.79 Å². The molecular formula is C16H11ClN2O. The van der Waals surface area contributed by atoms with Gasteiger partial charge in [0.15, 0.2) is 0 Å². The van der Waals surface area contributed by atoms with E-state index in [2.05, 4.69) is 5.32 Å². The number of anilines is 1. The van der Waals surface area contributed by atoms with Crippen molar-refractivity contribution >= 4 is 29.3 Å². The highest BCUT2D eigenvalue weighted by Crippen LogP contribution is 2.12. The fourth-order valence-corrected chi connectivity index (χ4v) is 1.79. The molecule has 3 nitrogen and oxygen atoms in total. The highest BCUT2D eigenvalue weighted by Gasteiger charge is 1.98. The van der Waals surface area contributed by atoms with E-state index < -0.39 is 0 Å². The molecule has 0 bridgehead atoms. The summed E-state index contributed by atoms with van der Waals surface area (Å²) in [6.45, 7) is 0. The molecule has 0 saturated heterocycles. The molecule has 20 heavy (non-hydrogen) atoms. The number of nitriles is 1. The number of hydrogen-bond acceptors (Lipinski definition) is 2. The number of amides is 1. The molecular weight excluding hydrogens is 272 g/mol. The molecule has 0 atom stereocenters. The van der Waals surface area contributed by atoms with Crippen LogP contribution < -0.4 is 5.32 Å². The van der Waals surface area contributed by atoms with Crippen molar-refractivity contribution in [1.29, 1.82) is 5.26 Å². The third-order valence-corrected chi connectivity index (χ3v) is 2.79. The van der Waals surface area contributed by atoms with Gasteiger partial charge < -0.3 is 5.32 Å². The van der Waals surface area contributed by atoms with Crippen LogP contribution in [0.25, 0.3) is 6.08 Å². The van der Waals surface area contributed by atoms with Gasteiger partial charge in [-0.2, -0.15) is 5.26 Å². The monoisotopic (exact) mass is 282 g/mol. The number of nitrogens with zero attached hydrogens (tertiary/aromatic N) is 1. The van der Waals surface area contributed by atoms with Crippen molar-refractivity contribution in [2.45, 2.75) is 0 Å². The van der Waals surface area contributed by atoms with Gasteiger partial charge in [0.05, 0.1) is 11.6 Å². The van der Waals surface area contributed by atoms with E-state index in [0.29, 0.717) is 16.3 Å². The number of rotatable bonds is 3. The van der Waals surface area contributed by atoms with E-state index in [1.54, 1.807) is 42.5 Å². The Kier molecular flexibility index (Phi) is 4.54. The maximum atomic E-state index is 11.7. The number of halogens is 1. The van der Waals surface area contributed by atoms with Crippen LogP contribution in [0, 0.1) is 11.3 Å². The van der Waals surface area contributed by atoms with Gasteiger partial charge in [0.1, 0.15) is 0 Å². The van der Waals surface area contributed by atoms with E-state index in [0.717, 1.165) is 5.56 Å². The summed E-state index contributed by atoms with van der Waals surface area (Å²) in [6.07, 6.45) is 3.12. The normalized spacial score (nSPS) is 10.2. The summed E-state index contributed by atoms with van der Waals surface area (Å²) in [6, 6.07) is 15.9. The summed E-state index contributed by atoms with van der Waals surface area (Å²) in [5.74, 6) is -0.241. The summed E-state index contributed by atoms with van der Waals surface area (Å²) < 4.78 is 0. The van der Waals surface area contributed by atoms with E-state index in [1.165, 1.54) is 6.08 Å². The quantitative estimate of drug-likeness (QED) is 0.869. The first-order valence-electron chi connectivity index (χ1n) is 5.92. The van der Waals surface area contributed by atoms with Crippen molar-refractivity contribution in [3.05, 3.63) is 70.8 Å². The molecule has 0 spiro atoms. The van der Waals surface area contributed by atoms with Gasteiger partial charge in [-0.1, -0.05) is 23.7 Å². The molecule has 2 aromatic rings. The lowest BCUT2D eigenvalue weighted by Crippen LogP contribution is -2.07. The maximum Gasteiger partial charge on any atom is 0.248 e.